The predicted octanol–water partition coefficient (Wildman–Crippen LogP) is 3.17. The van der Waals surface area contributed by atoms with E-state index in [4.69, 9.17) is 11.0 Å². The van der Waals surface area contributed by atoms with E-state index in [1.165, 1.54) is 30.3 Å². The standard InChI is InChI=1S/C24H23F3N6O3/c25-24(26,27)22(35)32-20(29)16-7-9-18(10-8-16)31-23(36)33-11-2-1-6-19(33)14-30-21(34)17-5-3-4-15(12-17)13-28/h3-5,7-10,12,19H,1-2,6,11,14H2,(H,30,34)(H,31,36)(H2,29,32,35). The van der Waals surface area contributed by atoms with Gasteiger partial charge in [0.1, 0.15) is 5.84 Å². The number of nitrogens with two attached hydrogens (primary N) is 1. The van der Waals surface area contributed by atoms with Crippen molar-refractivity contribution in [2.24, 2.45) is 10.7 Å². The van der Waals surface area contributed by atoms with E-state index in [0.717, 1.165) is 12.8 Å². The molecule has 1 aliphatic rings. The summed E-state index contributed by atoms with van der Waals surface area (Å²) in [5.41, 5.74) is 6.64. The first-order valence-corrected chi connectivity index (χ1v) is 11.0. The van der Waals surface area contributed by atoms with Crippen molar-refractivity contribution in [2.45, 2.75) is 31.5 Å². The van der Waals surface area contributed by atoms with Gasteiger partial charge < -0.3 is 21.3 Å². The molecule has 4 N–H and O–H groups in total. The number of urea groups is 1. The van der Waals surface area contributed by atoms with Crippen LogP contribution < -0.4 is 16.4 Å². The van der Waals surface area contributed by atoms with Gasteiger partial charge in [0.25, 0.3) is 5.91 Å². The fourth-order valence-corrected chi connectivity index (χ4v) is 3.68. The number of amidine groups is 1. The third-order valence-electron chi connectivity index (χ3n) is 5.54. The van der Waals surface area contributed by atoms with E-state index in [1.54, 1.807) is 23.1 Å². The molecule has 1 fully saturated rings. The van der Waals surface area contributed by atoms with Gasteiger partial charge in [-0.15, -0.1) is 0 Å². The van der Waals surface area contributed by atoms with Crippen LogP contribution in [0.4, 0.5) is 23.7 Å². The molecule has 3 rings (SSSR count). The van der Waals surface area contributed by atoms with Crippen LogP contribution in [0.5, 0.6) is 0 Å². The number of nitrogens with zero attached hydrogens (tertiary/aromatic N) is 3. The van der Waals surface area contributed by atoms with Crippen LogP contribution in [-0.2, 0) is 4.79 Å². The highest BCUT2D eigenvalue weighted by molar-refractivity contribution is 6.05. The van der Waals surface area contributed by atoms with Crippen molar-refractivity contribution in [3.05, 3.63) is 65.2 Å². The Balaban J connectivity index is 1.61. The number of nitrogens with one attached hydrogen (secondary N) is 2. The second kappa shape index (κ2) is 11.4. The van der Waals surface area contributed by atoms with E-state index >= 15 is 0 Å². The lowest BCUT2D eigenvalue weighted by molar-refractivity contribution is -0.169. The van der Waals surface area contributed by atoms with Crippen molar-refractivity contribution in [1.29, 1.82) is 5.26 Å². The first-order chi connectivity index (χ1) is 17.1. The molecule has 1 heterocycles. The largest absolute Gasteiger partial charge is 0.473 e. The molecule has 36 heavy (non-hydrogen) atoms. The molecule has 0 aromatic heterocycles. The molecule has 0 aliphatic carbocycles. The van der Waals surface area contributed by atoms with E-state index in [2.05, 4.69) is 15.6 Å². The molecule has 0 bridgehead atoms. The van der Waals surface area contributed by atoms with Crippen molar-refractivity contribution in [1.82, 2.24) is 10.2 Å². The Morgan fingerprint density at radius 1 is 1.11 bits per heavy atom. The number of anilines is 1. The number of hydrogen-bond acceptors (Lipinski definition) is 4. The van der Waals surface area contributed by atoms with E-state index in [-0.39, 0.29) is 24.1 Å². The van der Waals surface area contributed by atoms with Crippen LogP contribution in [0.15, 0.2) is 53.5 Å². The van der Waals surface area contributed by atoms with Crippen molar-refractivity contribution in [3.63, 3.8) is 0 Å². The van der Waals surface area contributed by atoms with Crippen LogP contribution >= 0.6 is 0 Å². The van der Waals surface area contributed by atoms with Gasteiger partial charge in [-0.1, -0.05) is 6.07 Å². The van der Waals surface area contributed by atoms with Gasteiger partial charge in [0.05, 0.1) is 17.7 Å². The van der Waals surface area contributed by atoms with Crippen LogP contribution in [0, 0.1) is 11.3 Å². The van der Waals surface area contributed by atoms with Gasteiger partial charge in [0.15, 0.2) is 0 Å². The quantitative estimate of drug-likeness (QED) is 0.427. The van der Waals surface area contributed by atoms with E-state index in [1.807, 2.05) is 6.07 Å². The number of carbonyl (C=O) groups excluding carboxylic acids is 3. The number of alkyl halides is 3. The molecule has 0 spiro atoms. The summed E-state index contributed by atoms with van der Waals surface area (Å²) in [6.45, 7) is 0.704. The minimum atomic E-state index is -5.12. The van der Waals surface area contributed by atoms with Gasteiger partial charge in [-0.05, 0) is 61.7 Å². The SMILES string of the molecule is N#Cc1cccc(C(=O)NCC2CCCCN2C(=O)Nc2ccc(C(N)=NC(=O)C(F)(F)F)cc2)c1. The minimum absolute atomic E-state index is 0.0876. The fraction of sp³-hybridized carbons (Fsp3) is 0.292. The summed E-state index contributed by atoms with van der Waals surface area (Å²) in [7, 11) is 0. The van der Waals surface area contributed by atoms with E-state index in [9.17, 15) is 27.6 Å². The number of aliphatic imine (C=N–C) groups is 1. The number of hydrogen-bond donors (Lipinski definition) is 3. The van der Waals surface area contributed by atoms with Gasteiger partial charge in [-0.2, -0.15) is 23.4 Å². The zero-order valence-corrected chi connectivity index (χ0v) is 19.0. The second-order valence-electron chi connectivity index (χ2n) is 8.05. The second-order valence-corrected chi connectivity index (χ2v) is 8.05. The van der Waals surface area contributed by atoms with Crippen molar-refractivity contribution >= 4 is 29.4 Å². The molecule has 2 aromatic carbocycles. The highest BCUT2D eigenvalue weighted by Crippen LogP contribution is 2.20. The molecular weight excluding hydrogens is 477 g/mol. The first kappa shape index (κ1) is 26.2. The highest BCUT2D eigenvalue weighted by Gasteiger charge is 2.38. The molecule has 1 unspecified atom stereocenters. The Bertz CT molecular complexity index is 1200. The van der Waals surface area contributed by atoms with Gasteiger partial charge >= 0.3 is 18.1 Å². The van der Waals surface area contributed by atoms with E-state index in [0.29, 0.717) is 29.8 Å². The maximum absolute atomic E-state index is 12.9. The normalized spacial score (nSPS) is 16.1. The third-order valence-corrected chi connectivity index (χ3v) is 5.54. The van der Waals surface area contributed by atoms with Crippen molar-refractivity contribution in [2.75, 3.05) is 18.4 Å². The molecular formula is C24H23F3N6O3. The average molecular weight is 500 g/mol. The third kappa shape index (κ3) is 6.82. The monoisotopic (exact) mass is 500 g/mol. The molecule has 1 aliphatic heterocycles. The Hall–Kier alpha value is -4.40. The summed E-state index contributed by atoms with van der Waals surface area (Å²) >= 11 is 0. The predicted molar refractivity (Wildman–Crippen MR) is 125 cm³/mol. The zero-order chi connectivity index (χ0) is 26.3. The van der Waals surface area contributed by atoms with Crippen LogP contribution in [0.1, 0.15) is 40.7 Å². The van der Waals surface area contributed by atoms with Crippen LogP contribution in [0.2, 0.25) is 0 Å². The Morgan fingerprint density at radius 3 is 2.50 bits per heavy atom. The van der Waals surface area contributed by atoms with Crippen LogP contribution in [0.3, 0.4) is 0 Å². The van der Waals surface area contributed by atoms with Gasteiger partial charge in [0.2, 0.25) is 0 Å². The van der Waals surface area contributed by atoms with Gasteiger partial charge in [-0.3, -0.25) is 9.59 Å². The number of amides is 4. The van der Waals surface area contributed by atoms with Crippen molar-refractivity contribution < 1.29 is 27.6 Å². The summed E-state index contributed by atoms with van der Waals surface area (Å²) in [6.07, 6.45) is -2.76. The number of benzene rings is 2. The molecule has 1 atom stereocenters. The molecule has 0 saturated carbocycles. The molecule has 9 nitrogen and oxygen atoms in total. The average Bonchev–Trinajstić information content (AvgIpc) is 2.87. The minimum Gasteiger partial charge on any atom is -0.383 e. The lowest BCUT2D eigenvalue weighted by Gasteiger charge is -2.35. The number of carbonyl (C=O) groups is 3. The Morgan fingerprint density at radius 2 is 1.83 bits per heavy atom. The van der Waals surface area contributed by atoms with Crippen molar-refractivity contribution in [3.8, 4) is 6.07 Å². The van der Waals surface area contributed by atoms with E-state index < -0.39 is 24.0 Å². The number of nitriles is 1. The molecule has 12 heteroatoms. The summed E-state index contributed by atoms with van der Waals surface area (Å²) in [6, 6.07) is 13.2. The maximum Gasteiger partial charge on any atom is 0.473 e. The summed E-state index contributed by atoms with van der Waals surface area (Å²) in [5.74, 6) is -3.25. The summed E-state index contributed by atoms with van der Waals surface area (Å²) < 4.78 is 37.1. The number of piperidine rings is 1. The molecule has 188 valence electrons. The molecule has 1 saturated heterocycles. The molecule has 0 radical (unpaired) electrons. The van der Waals surface area contributed by atoms with Gasteiger partial charge in [0, 0.05) is 29.9 Å². The number of likely N-dealkylation sites (tertiary alicyclic amines) is 1. The Labute approximate surface area is 204 Å². The lowest BCUT2D eigenvalue weighted by atomic mass is 10.0. The molecule has 4 amide bonds. The van der Waals surface area contributed by atoms with Crippen LogP contribution in [0.25, 0.3) is 0 Å². The molecule has 2 aromatic rings. The highest BCUT2D eigenvalue weighted by atomic mass is 19.4. The Kier molecular flexibility index (Phi) is 8.26. The number of halogens is 3. The topological polar surface area (TPSA) is 141 Å². The fourth-order valence-electron chi connectivity index (χ4n) is 3.68. The summed E-state index contributed by atoms with van der Waals surface area (Å²) in [5, 5.41) is 14.5. The zero-order valence-electron chi connectivity index (χ0n) is 19.0. The van der Waals surface area contributed by atoms with Crippen LogP contribution in [-0.4, -0.2) is 53.9 Å². The smallest absolute Gasteiger partial charge is 0.383 e. The maximum atomic E-state index is 12.9. The first-order valence-electron chi connectivity index (χ1n) is 11.0. The number of rotatable bonds is 5. The van der Waals surface area contributed by atoms with Gasteiger partial charge in [-0.25, -0.2) is 4.79 Å². The summed E-state index contributed by atoms with van der Waals surface area (Å²) in [4.78, 5) is 40.8. The lowest BCUT2D eigenvalue weighted by Crippen LogP contribution is -2.50.